The lowest BCUT2D eigenvalue weighted by Gasteiger charge is -2.38. The molecule has 42 heavy (non-hydrogen) atoms. The highest BCUT2D eigenvalue weighted by Gasteiger charge is 2.76. The maximum atomic E-state index is 14.5. The lowest BCUT2D eigenvalue weighted by atomic mass is 9.71. The van der Waals surface area contributed by atoms with E-state index in [9.17, 15) is 19.5 Å². The normalized spacial score (nSPS) is 30.4. The highest BCUT2D eigenvalue weighted by Crippen LogP contribution is 2.68. The summed E-state index contributed by atoms with van der Waals surface area (Å²) in [6.45, 7) is 13.3. The van der Waals surface area contributed by atoms with Crippen molar-refractivity contribution < 1.29 is 29.0 Å². The number of ether oxygens (including phenoxy) is 2. The number of esters is 1. The third kappa shape index (κ3) is 7.28. The molecule has 0 radical (unpaired) electrons. The summed E-state index contributed by atoms with van der Waals surface area (Å²) in [4.78, 5) is 48.3. The van der Waals surface area contributed by atoms with Crippen LogP contribution in [-0.4, -0.2) is 124 Å². The summed E-state index contributed by atoms with van der Waals surface area (Å²) in [5, 5.41) is 9.08. The molecule has 4 heterocycles. The molecule has 6 atom stereocenters. The summed E-state index contributed by atoms with van der Waals surface area (Å²) in [5.74, 6) is -1.61. The number of alkyl halides is 1. The molecule has 0 aliphatic carbocycles. The number of rotatable bonds is 18. The van der Waals surface area contributed by atoms with Gasteiger partial charge in [-0.25, -0.2) is 0 Å². The molecule has 11 heteroatoms. The number of hydrogen-bond donors (Lipinski definition) is 1. The summed E-state index contributed by atoms with van der Waals surface area (Å²) < 4.78 is 10.6. The van der Waals surface area contributed by atoms with Gasteiger partial charge in [-0.05, 0) is 38.5 Å². The number of amides is 2. The molecule has 0 aromatic carbocycles. The second-order valence-corrected chi connectivity index (χ2v) is 14.5. The molecule has 4 aliphatic heterocycles. The molecule has 236 valence electrons. The molecule has 4 rings (SSSR count). The van der Waals surface area contributed by atoms with Crippen LogP contribution in [0.5, 0.6) is 0 Å². The van der Waals surface area contributed by atoms with E-state index in [0.29, 0.717) is 45.9 Å². The molecule has 0 aromatic heterocycles. The molecular weight excluding hydrogens is 622 g/mol. The largest absolute Gasteiger partial charge is 0.465 e. The van der Waals surface area contributed by atoms with Crippen LogP contribution in [0.1, 0.15) is 51.4 Å². The number of aliphatic hydroxyl groups excluding tert-OH is 1. The molecule has 2 amide bonds. The number of halogens is 1. The molecular formula is C31H48BrN3O6S. The SMILES string of the molecule is C=CCCCCOC(=O)[C@H]1[C@@H]2SC3(CC2Br)C(C(=O)N(CC=C)CCN2CCOCC2)N(CCCCCCO)C(=O)[C@H]13. The van der Waals surface area contributed by atoms with Crippen LogP contribution in [0.2, 0.25) is 0 Å². The highest BCUT2D eigenvalue weighted by atomic mass is 79.9. The first-order valence-corrected chi connectivity index (χ1v) is 17.4. The van der Waals surface area contributed by atoms with Crippen LogP contribution in [-0.2, 0) is 23.9 Å². The van der Waals surface area contributed by atoms with Crippen molar-refractivity contribution in [1.29, 1.82) is 0 Å². The summed E-state index contributed by atoms with van der Waals surface area (Å²) in [5.41, 5.74) is 0. The first-order chi connectivity index (χ1) is 20.4. The maximum absolute atomic E-state index is 14.5. The number of hydrogen-bond acceptors (Lipinski definition) is 8. The average Bonchev–Trinajstić information content (AvgIpc) is 3.58. The number of fused-ring (bicyclic) bond motifs is 1. The number of allylic oxidation sites excluding steroid dienone is 1. The van der Waals surface area contributed by atoms with Gasteiger partial charge in [-0.3, -0.25) is 19.3 Å². The molecule has 4 fully saturated rings. The summed E-state index contributed by atoms with van der Waals surface area (Å²) in [6.07, 6.45) is 10.00. The number of carbonyl (C=O) groups excluding carboxylic acids is 3. The lowest BCUT2D eigenvalue weighted by molar-refractivity contribution is -0.154. The maximum Gasteiger partial charge on any atom is 0.310 e. The predicted molar refractivity (Wildman–Crippen MR) is 169 cm³/mol. The fourth-order valence-electron chi connectivity index (χ4n) is 7.03. The highest BCUT2D eigenvalue weighted by molar-refractivity contribution is 9.09. The Morgan fingerprint density at radius 3 is 2.60 bits per heavy atom. The van der Waals surface area contributed by atoms with Crippen LogP contribution in [0.4, 0.5) is 0 Å². The molecule has 9 nitrogen and oxygen atoms in total. The van der Waals surface area contributed by atoms with Crippen molar-refractivity contribution in [3.8, 4) is 0 Å². The zero-order valence-electron chi connectivity index (χ0n) is 24.8. The summed E-state index contributed by atoms with van der Waals surface area (Å²) >= 11 is 5.49. The fraction of sp³-hybridized carbons (Fsp3) is 0.774. The number of unbranched alkanes of at least 4 members (excludes halogenated alkanes) is 5. The van der Waals surface area contributed by atoms with Crippen molar-refractivity contribution in [2.75, 3.05) is 65.7 Å². The van der Waals surface area contributed by atoms with Gasteiger partial charge in [0.2, 0.25) is 11.8 Å². The van der Waals surface area contributed by atoms with Crippen molar-refractivity contribution >= 4 is 45.5 Å². The minimum atomic E-state index is -0.678. The molecule has 4 saturated heterocycles. The van der Waals surface area contributed by atoms with Gasteiger partial charge < -0.3 is 24.4 Å². The lowest BCUT2D eigenvalue weighted by Crippen LogP contribution is -2.56. The molecule has 0 aromatic rings. The third-order valence-electron chi connectivity index (χ3n) is 9.10. The van der Waals surface area contributed by atoms with Crippen LogP contribution in [0.15, 0.2) is 25.3 Å². The van der Waals surface area contributed by atoms with Gasteiger partial charge in [-0.2, -0.15) is 0 Å². The monoisotopic (exact) mass is 669 g/mol. The van der Waals surface area contributed by atoms with E-state index >= 15 is 0 Å². The number of morpholine rings is 1. The minimum absolute atomic E-state index is 0.0193. The Bertz CT molecular complexity index is 965. The molecule has 2 bridgehead atoms. The topological polar surface area (TPSA) is 99.6 Å². The van der Waals surface area contributed by atoms with Gasteiger partial charge in [0.05, 0.1) is 36.4 Å². The Balaban J connectivity index is 1.56. The van der Waals surface area contributed by atoms with E-state index in [0.717, 1.165) is 64.6 Å². The second-order valence-electron chi connectivity index (χ2n) is 11.8. The second kappa shape index (κ2) is 16.1. The first kappa shape index (κ1) is 33.5. The number of carbonyl (C=O) groups is 3. The van der Waals surface area contributed by atoms with Crippen molar-refractivity contribution in [2.45, 2.75) is 72.2 Å². The Kier molecular flexibility index (Phi) is 12.8. The fourth-order valence-corrected chi connectivity index (χ4v) is 10.6. The van der Waals surface area contributed by atoms with Crippen LogP contribution in [0, 0.1) is 11.8 Å². The van der Waals surface area contributed by atoms with E-state index < -0.39 is 22.6 Å². The Morgan fingerprint density at radius 1 is 1.12 bits per heavy atom. The molecule has 4 aliphatic rings. The van der Waals surface area contributed by atoms with E-state index in [2.05, 4.69) is 34.0 Å². The zero-order valence-corrected chi connectivity index (χ0v) is 27.2. The quantitative estimate of drug-likeness (QED) is 0.103. The zero-order chi connectivity index (χ0) is 30.1. The molecule has 1 spiro atoms. The minimum Gasteiger partial charge on any atom is -0.465 e. The van der Waals surface area contributed by atoms with E-state index in [1.165, 1.54) is 0 Å². The standard InChI is InChI=1S/C31H48BrN3O6S/c1-3-5-6-11-19-41-30(39)24-25-28(37)35(13-9-7-8-10-18-36)27(31(25)22-23(32)26(24)42-31)29(38)34(12-4-2)15-14-33-16-20-40-21-17-33/h3-4,23-27,36H,1-2,5-22H2/t23?,24-,25+,26-,27?,31?/m1/s1. The van der Waals surface area contributed by atoms with Crippen LogP contribution in [0.25, 0.3) is 0 Å². The molecule has 0 saturated carbocycles. The van der Waals surface area contributed by atoms with Gasteiger partial charge in [0, 0.05) is 56.0 Å². The molecule has 3 unspecified atom stereocenters. The number of likely N-dealkylation sites (tertiary alicyclic amines) is 1. The predicted octanol–water partition coefficient (Wildman–Crippen LogP) is 3.25. The van der Waals surface area contributed by atoms with Crippen molar-refractivity contribution in [3.05, 3.63) is 25.3 Å². The van der Waals surface area contributed by atoms with Crippen molar-refractivity contribution in [3.63, 3.8) is 0 Å². The van der Waals surface area contributed by atoms with E-state index in [4.69, 9.17) is 9.47 Å². The van der Waals surface area contributed by atoms with Crippen molar-refractivity contribution in [2.24, 2.45) is 11.8 Å². The Labute approximate surface area is 263 Å². The number of nitrogens with zero attached hydrogens (tertiary/aromatic N) is 3. The Morgan fingerprint density at radius 2 is 1.88 bits per heavy atom. The van der Waals surface area contributed by atoms with Gasteiger partial charge in [0.25, 0.3) is 0 Å². The van der Waals surface area contributed by atoms with E-state index in [1.807, 2.05) is 11.0 Å². The van der Waals surface area contributed by atoms with Crippen molar-refractivity contribution in [1.82, 2.24) is 14.7 Å². The van der Waals surface area contributed by atoms with Gasteiger partial charge in [-0.1, -0.05) is 40.9 Å². The molecule has 1 N–H and O–H groups in total. The Hall–Kier alpha value is -1.40. The summed E-state index contributed by atoms with van der Waals surface area (Å²) in [7, 11) is 0. The van der Waals surface area contributed by atoms with Gasteiger partial charge in [0.15, 0.2) is 0 Å². The van der Waals surface area contributed by atoms with Gasteiger partial charge in [0.1, 0.15) is 6.04 Å². The van der Waals surface area contributed by atoms with E-state index in [1.54, 1.807) is 22.7 Å². The van der Waals surface area contributed by atoms with Gasteiger partial charge >= 0.3 is 5.97 Å². The number of aliphatic hydroxyl groups is 1. The smallest absolute Gasteiger partial charge is 0.310 e. The van der Waals surface area contributed by atoms with Gasteiger partial charge in [-0.15, -0.1) is 24.9 Å². The average molecular weight is 671 g/mol. The van der Waals surface area contributed by atoms with Crippen LogP contribution >= 0.6 is 27.7 Å². The van der Waals surface area contributed by atoms with E-state index in [-0.39, 0.29) is 34.5 Å². The number of thioether (sulfide) groups is 1. The summed E-state index contributed by atoms with van der Waals surface area (Å²) in [6, 6.07) is -0.641. The van der Waals surface area contributed by atoms with Crippen LogP contribution in [0.3, 0.4) is 0 Å². The third-order valence-corrected chi connectivity index (χ3v) is 12.3. The first-order valence-electron chi connectivity index (χ1n) is 15.6. The van der Waals surface area contributed by atoms with Crippen LogP contribution < -0.4 is 0 Å².